The smallest absolute Gasteiger partial charge is 0.118 e. The molecule has 102 valence electrons. The van der Waals surface area contributed by atoms with Gasteiger partial charge in [0.25, 0.3) is 0 Å². The Morgan fingerprint density at radius 1 is 1.44 bits per heavy atom. The summed E-state index contributed by atoms with van der Waals surface area (Å²) in [7, 11) is 1.97. The zero-order chi connectivity index (χ0) is 13.0. The highest BCUT2D eigenvalue weighted by Gasteiger charge is 2.24. The van der Waals surface area contributed by atoms with Gasteiger partial charge in [-0.1, -0.05) is 6.92 Å². The number of hydrogen-bond donors (Lipinski definition) is 1. The molecule has 1 fully saturated rings. The second-order valence-electron chi connectivity index (χ2n) is 5.50. The third-order valence-electron chi connectivity index (χ3n) is 3.57. The first kappa shape index (κ1) is 13.6. The highest BCUT2D eigenvalue weighted by Crippen LogP contribution is 2.30. The molecule has 0 spiro atoms. The van der Waals surface area contributed by atoms with E-state index in [2.05, 4.69) is 30.1 Å². The molecule has 18 heavy (non-hydrogen) atoms. The molecule has 0 aromatic carbocycles. The van der Waals surface area contributed by atoms with Crippen LogP contribution in [0, 0.1) is 12.8 Å². The predicted molar refractivity (Wildman–Crippen MR) is 74.5 cm³/mol. The second-order valence-corrected chi connectivity index (χ2v) is 5.50. The largest absolute Gasteiger partial charge is 0.465 e. The van der Waals surface area contributed by atoms with Crippen LogP contribution in [0.15, 0.2) is 10.5 Å². The van der Waals surface area contributed by atoms with Gasteiger partial charge in [0.1, 0.15) is 11.5 Å². The fourth-order valence-electron chi connectivity index (χ4n) is 2.47. The molecule has 0 aliphatic heterocycles. The van der Waals surface area contributed by atoms with Gasteiger partial charge < -0.3 is 9.73 Å². The van der Waals surface area contributed by atoms with Crippen LogP contribution >= 0.6 is 0 Å². The first-order valence-corrected chi connectivity index (χ1v) is 7.18. The van der Waals surface area contributed by atoms with Crippen LogP contribution in [0.4, 0.5) is 0 Å². The molecule has 1 heterocycles. The third kappa shape index (κ3) is 3.85. The Labute approximate surface area is 111 Å². The Kier molecular flexibility index (Phi) is 4.84. The van der Waals surface area contributed by atoms with E-state index in [-0.39, 0.29) is 0 Å². The van der Waals surface area contributed by atoms with Crippen molar-refractivity contribution in [3.05, 3.63) is 23.2 Å². The molecular weight excluding hydrogens is 224 g/mol. The maximum atomic E-state index is 5.86. The van der Waals surface area contributed by atoms with E-state index in [1.165, 1.54) is 37.9 Å². The molecule has 0 amide bonds. The van der Waals surface area contributed by atoms with Crippen molar-refractivity contribution < 1.29 is 4.42 Å². The van der Waals surface area contributed by atoms with E-state index in [4.69, 9.17) is 4.42 Å². The average molecular weight is 250 g/mol. The van der Waals surface area contributed by atoms with Gasteiger partial charge in [0.05, 0.1) is 6.54 Å². The summed E-state index contributed by atoms with van der Waals surface area (Å²) in [5, 5.41) is 3.19. The topological polar surface area (TPSA) is 28.4 Å². The van der Waals surface area contributed by atoms with Gasteiger partial charge in [-0.15, -0.1) is 0 Å². The van der Waals surface area contributed by atoms with E-state index in [1.807, 2.05) is 7.05 Å². The average Bonchev–Trinajstić information content (AvgIpc) is 3.06. The molecule has 0 radical (unpaired) electrons. The maximum absolute atomic E-state index is 5.86. The third-order valence-corrected chi connectivity index (χ3v) is 3.57. The fraction of sp³-hybridized carbons (Fsp3) is 0.733. The summed E-state index contributed by atoms with van der Waals surface area (Å²) < 4.78 is 5.86. The van der Waals surface area contributed by atoms with Crippen molar-refractivity contribution in [3.8, 4) is 0 Å². The van der Waals surface area contributed by atoms with Crippen LogP contribution in [0.25, 0.3) is 0 Å². The van der Waals surface area contributed by atoms with Crippen molar-refractivity contribution in [1.29, 1.82) is 0 Å². The summed E-state index contributed by atoms with van der Waals surface area (Å²) in [5.41, 5.74) is 1.29. The van der Waals surface area contributed by atoms with Crippen LogP contribution in [0.3, 0.4) is 0 Å². The number of aryl methyl sites for hydroxylation is 1. The standard InChI is InChI=1S/C15H26N2O/c1-4-7-17(10-13-5-6-13)11-15-8-14(9-16-3)12(2)18-15/h8,13,16H,4-7,9-11H2,1-3H3. The van der Waals surface area contributed by atoms with Gasteiger partial charge in [0, 0.05) is 18.7 Å². The molecule has 0 bridgehead atoms. The van der Waals surface area contributed by atoms with Crippen molar-refractivity contribution in [2.45, 2.75) is 46.2 Å². The Morgan fingerprint density at radius 2 is 2.22 bits per heavy atom. The van der Waals surface area contributed by atoms with E-state index in [9.17, 15) is 0 Å². The number of hydrogen-bond acceptors (Lipinski definition) is 3. The zero-order valence-electron chi connectivity index (χ0n) is 12.0. The van der Waals surface area contributed by atoms with E-state index >= 15 is 0 Å². The van der Waals surface area contributed by atoms with Gasteiger partial charge in [-0.3, -0.25) is 4.90 Å². The number of furan rings is 1. The van der Waals surface area contributed by atoms with Crippen LogP contribution in [0.2, 0.25) is 0 Å². The second kappa shape index (κ2) is 6.39. The Morgan fingerprint density at radius 3 is 2.83 bits per heavy atom. The van der Waals surface area contributed by atoms with Gasteiger partial charge >= 0.3 is 0 Å². The van der Waals surface area contributed by atoms with Gasteiger partial charge in [-0.25, -0.2) is 0 Å². The molecule has 1 aliphatic carbocycles. The molecular formula is C15H26N2O. The molecule has 0 saturated heterocycles. The van der Waals surface area contributed by atoms with Gasteiger partial charge in [-0.05, 0) is 51.8 Å². The molecule has 3 nitrogen and oxygen atoms in total. The lowest BCUT2D eigenvalue weighted by Gasteiger charge is -2.19. The van der Waals surface area contributed by atoms with Gasteiger partial charge in [0.15, 0.2) is 0 Å². The van der Waals surface area contributed by atoms with Crippen LogP contribution < -0.4 is 5.32 Å². The minimum absolute atomic E-state index is 0.895. The van der Waals surface area contributed by atoms with E-state index in [1.54, 1.807) is 0 Å². The Bertz CT molecular complexity index is 369. The number of rotatable bonds is 8. The van der Waals surface area contributed by atoms with E-state index < -0.39 is 0 Å². The Balaban J connectivity index is 1.93. The monoisotopic (exact) mass is 250 g/mol. The highest BCUT2D eigenvalue weighted by atomic mass is 16.3. The molecule has 1 aromatic rings. The fourth-order valence-corrected chi connectivity index (χ4v) is 2.47. The summed E-state index contributed by atoms with van der Waals surface area (Å²) in [6, 6.07) is 2.21. The summed E-state index contributed by atoms with van der Waals surface area (Å²) in [6.07, 6.45) is 4.06. The zero-order valence-corrected chi connectivity index (χ0v) is 12.0. The van der Waals surface area contributed by atoms with Crippen LogP contribution in [0.5, 0.6) is 0 Å². The number of nitrogens with zero attached hydrogens (tertiary/aromatic N) is 1. The minimum Gasteiger partial charge on any atom is -0.465 e. The summed E-state index contributed by atoms with van der Waals surface area (Å²) >= 11 is 0. The van der Waals surface area contributed by atoms with Crippen molar-refractivity contribution >= 4 is 0 Å². The maximum Gasteiger partial charge on any atom is 0.118 e. The van der Waals surface area contributed by atoms with Gasteiger partial charge in [-0.2, -0.15) is 0 Å². The van der Waals surface area contributed by atoms with Crippen LogP contribution in [-0.4, -0.2) is 25.0 Å². The van der Waals surface area contributed by atoms with Crippen molar-refractivity contribution in [2.75, 3.05) is 20.1 Å². The lowest BCUT2D eigenvalue weighted by atomic mass is 10.2. The molecule has 1 N–H and O–H groups in total. The van der Waals surface area contributed by atoms with Crippen molar-refractivity contribution in [3.63, 3.8) is 0 Å². The molecule has 1 aromatic heterocycles. The minimum atomic E-state index is 0.895. The highest BCUT2D eigenvalue weighted by molar-refractivity contribution is 5.20. The first-order valence-electron chi connectivity index (χ1n) is 7.18. The van der Waals surface area contributed by atoms with E-state index in [0.29, 0.717) is 0 Å². The predicted octanol–water partition coefficient (Wildman–Crippen LogP) is 2.93. The summed E-state index contributed by atoms with van der Waals surface area (Å²) in [4.78, 5) is 2.54. The van der Waals surface area contributed by atoms with E-state index in [0.717, 1.165) is 30.5 Å². The summed E-state index contributed by atoms with van der Waals surface area (Å²) in [5.74, 6) is 3.12. The lowest BCUT2D eigenvalue weighted by molar-refractivity contribution is 0.233. The number of nitrogens with one attached hydrogen (secondary N) is 1. The molecule has 1 aliphatic rings. The quantitative estimate of drug-likeness (QED) is 0.769. The Hall–Kier alpha value is -0.800. The first-order chi connectivity index (χ1) is 8.72. The molecule has 3 heteroatoms. The van der Waals surface area contributed by atoms with Gasteiger partial charge in [0.2, 0.25) is 0 Å². The molecule has 2 rings (SSSR count). The molecule has 1 saturated carbocycles. The van der Waals surface area contributed by atoms with Crippen LogP contribution in [-0.2, 0) is 13.1 Å². The SMILES string of the molecule is CCCN(Cc1cc(CNC)c(C)o1)CC1CC1. The van der Waals surface area contributed by atoms with Crippen molar-refractivity contribution in [2.24, 2.45) is 5.92 Å². The van der Waals surface area contributed by atoms with Crippen molar-refractivity contribution in [1.82, 2.24) is 10.2 Å². The normalized spacial score (nSPS) is 15.6. The molecule has 0 atom stereocenters. The lowest BCUT2D eigenvalue weighted by Crippen LogP contribution is -2.26. The summed E-state index contributed by atoms with van der Waals surface area (Å²) in [6.45, 7) is 8.59. The van der Waals surface area contributed by atoms with Crippen LogP contribution in [0.1, 0.15) is 43.3 Å². The molecule has 0 unspecified atom stereocenters.